The fraction of sp³-hybridized carbons (Fsp3) is 0.304. The van der Waals surface area contributed by atoms with Crippen molar-refractivity contribution in [3.8, 4) is 0 Å². The number of primary amides is 1. The monoisotopic (exact) mass is 454 g/mol. The van der Waals surface area contributed by atoms with Crippen LogP contribution in [0.15, 0.2) is 42.5 Å². The molecule has 0 aliphatic heterocycles. The number of nitrogens with zero attached hydrogens (tertiary/aromatic N) is 3. The van der Waals surface area contributed by atoms with Gasteiger partial charge < -0.3 is 21.7 Å². The number of para-hydroxylation sites is 1. The van der Waals surface area contributed by atoms with Gasteiger partial charge in [0.25, 0.3) is 0 Å². The van der Waals surface area contributed by atoms with E-state index < -0.39 is 5.82 Å². The Morgan fingerprint density at radius 2 is 1.97 bits per heavy atom. The molecule has 0 bridgehead atoms. The molecular formula is C23H27FN6O3. The van der Waals surface area contributed by atoms with Crippen LogP contribution in [-0.4, -0.2) is 45.5 Å². The lowest BCUT2D eigenvalue weighted by Gasteiger charge is -2.22. The quantitative estimate of drug-likeness (QED) is 0.367. The Bertz CT molecular complexity index is 1160. The van der Waals surface area contributed by atoms with Gasteiger partial charge in [-0.25, -0.2) is 4.39 Å². The lowest BCUT2D eigenvalue weighted by Crippen LogP contribution is -2.43. The van der Waals surface area contributed by atoms with Crippen molar-refractivity contribution in [3.05, 3.63) is 59.5 Å². The number of aryl methyl sites for hydroxylation is 1. The summed E-state index contributed by atoms with van der Waals surface area (Å²) in [6.45, 7) is 1.97. The summed E-state index contributed by atoms with van der Waals surface area (Å²) in [5, 5.41) is 8.18. The number of hydrogen-bond acceptors (Lipinski definition) is 5. The molecule has 1 fully saturated rings. The fourth-order valence-electron chi connectivity index (χ4n) is 3.55. The van der Waals surface area contributed by atoms with Crippen molar-refractivity contribution in [2.75, 3.05) is 12.3 Å². The second-order valence-corrected chi connectivity index (χ2v) is 7.78. The number of halogens is 1. The van der Waals surface area contributed by atoms with E-state index >= 15 is 0 Å². The summed E-state index contributed by atoms with van der Waals surface area (Å²) >= 11 is 0. The first-order chi connectivity index (χ1) is 15.8. The molecule has 3 amide bonds. The highest BCUT2D eigenvalue weighted by atomic mass is 19.1. The largest absolute Gasteiger partial charge is 0.399 e. The van der Waals surface area contributed by atoms with Gasteiger partial charge in [-0.2, -0.15) is 5.10 Å². The highest BCUT2D eigenvalue weighted by molar-refractivity contribution is 5.87. The summed E-state index contributed by atoms with van der Waals surface area (Å²) in [7, 11) is 0. The Labute approximate surface area is 190 Å². The summed E-state index contributed by atoms with van der Waals surface area (Å²) in [5.74, 6) is -0.945. The molecule has 1 heterocycles. The molecule has 174 valence electrons. The van der Waals surface area contributed by atoms with E-state index in [9.17, 15) is 14.0 Å². The molecule has 2 aromatic carbocycles. The third kappa shape index (κ3) is 6.06. The van der Waals surface area contributed by atoms with Gasteiger partial charge in [-0.05, 0) is 38.0 Å². The topological polar surface area (TPSA) is 136 Å². The number of carbonyl (C=O) groups excluding carboxylic acids is 3. The van der Waals surface area contributed by atoms with Crippen molar-refractivity contribution in [2.24, 2.45) is 5.73 Å². The number of carbonyl (C=O) groups is 3. The fourth-order valence-corrected chi connectivity index (χ4v) is 3.55. The van der Waals surface area contributed by atoms with Crippen LogP contribution in [0.2, 0.25) is 0 Å². The molecule has 1 aromatic heterocycles. The number of anilines is 1. The van der Waals surface area contributed by atoms with Gasteiger partial charge in [0.1, 0.15) is 12.4 Å². The van der Waals surface area contributed by atoms with Gasteiger partial charge in [0.15, 0.2) is 0 Å². The third-order valence-corrected chi connectivity index (χ3v) is 5.30. The molecule has 1 aliphatic carbocycles. The van der Waals surface area contributed by atoms with Crippen molar-refractivity contribution < 1.29 is 18.8 Å². The summed E-state index contributed by atoms with van der Waals surface area (Å²) in [4.78, 5) is 35.6. The molecule has 10 heteroatoms. The van der Waals surface area contributed by atoms with Crippen molar-refractivity contribution >= 4 is 34.8 Å². The van der Waals surface area contributed by atoms with Gasteiger partial charge in [0, 0.05) is 29.2 Å². The van der Waals surface area contributed by atoms with Gasteiger partial charge >= 0.3 is 0 Å². The van der Waals surface area contributed by atoms with E-state index in [0.717, 1.165) is 29.4 Å². The van der Waals surface area contributed by atoms with Crippen LogP contribution in [0.5, 0.6) is 0 Å². The van der Waals surface area contributed by atoms with Crippen LogP contribution in [0.3, 0.4) is 0 Å². The number of nitrogens with two attached hydrogens (primary N) is 2. The molecule has 1 aliphatic rings. The molecular weight excluding hydrogens is 427 g/mol. The molecule has 4 rings (SSSR count). The number of benzene rings is 2. The van der Waals surface area contributed by atoms with Crippen LogP contribution in [0.25, 0.3) is 10.9 Å². The number of aromatic nitrogens is 2. The van der Waals surface area contributed by atoms with Crippen LogP contribution >= 0.6 is 0 Å². The number of rotatable bonds is 7. The van der Waals surface area contributed by atoms with Crippen molar-refractivity contribution in [3.63, 3.8) is 0 Å². The molecule has 5 N–H and O–H groups in total. The van der Waals surface area contributed by atoms with Crippen LogP contribution in [0, 0.1) is 12.7 Å². The van der Waals surface area contributed by atoms with Crippen LogP contribution in [0.4, 0.5) is 10.1 Å². The Hall–Kier alpha value is -3.95. The average molecular weight is 455 g/mol. The molecule has 0 atom stereocenters. The van der Waals surface area contributed by atoms with Crippen molar-refractivity contribution in [2.45, 2.75) is 38.9 Å². The molecule has 3 aromatic rings. The standard InChI is InChI=1S/C22H24FN5O2.CH3NO/c1-14-18-4-2-3-5-20(18)28(26-14)13-22(30)27(17-8-9-17)12-21(29)25-11-15-6-7-16(24)10-19(15)23;2-1-3/h2-7,10,17H,8-9,11-13,24H2,1H3,(H,25,29);1H,(H2,2,3). The van der Waals surface area contributed by atoms with E-state index in [1.54, 1.807) is 21.7 Å². The highest BCUT2D eigenvalue weighted by Gasteiger charge is 2.34. The van der Waals surface area contributed by atoms with E-state index in [1.807, 2.05) is 31.2 Å². The zero-order valence-electron chi connectivity index (χ0n) is 18.3. The molecule has 0 spiro atoms. The lowest BCUT2D eigenvalue weighted by molar-refractivity contribution is -0.137. The van der Waals surface area contributed by atoms with E-state index in [2.05, 4.69) is 16.1 Å². The minimum atomic E-state index is -0.466. The van der Waals surface area contributed by atoms with Crippen LogP contribution < -0.4 is 16.8 Å². The van der Waals surface area contributed by atoms with Crippen molar-refractivity contribution in [1.82, 2.24) is 20.0 Å². The van der Waals surface area contributed by atoms with E-state index in [1.165, 1.54) is 6.07 Å². The number of nitrogen functional groups attached to an aromatic ring is 1. The Balaban J connectivity index is 0.000000968. The first-order valence-electron chi connectivity index (χ1n) is 10.5. The second kappa shape index (κ2) is 10.6. The lowest BCUT2D eigenvalue weighted by atomic mass is 10.2. The molecule has 0 radical (unpaired) electrons. The van der Waals surface area contributed by atoms with Gasteiger partial charge in [0.2, 0.25) is 18.2 Å². The normalized spacial score (nSPS) is 12.5. The Kier molecular flexibility index (Phi) is 7.60. The summed E-state index contributed by atoms with van der Waals surface area (Å²) in [5.41, 5.74) is 12.1. The zero-order valence-corrected chi connectivity index (χ0v) is 18.3. The van der Waals surface area contributed by atoms with E-state index in [0.29, 0.717) is 11.3 Å². The summed E-state index contributed by atoms with van der Waals surface area (Å²) in [6.07, 6.45) is 2.01. The van der Waals surface area contributed by atoms with Gasteiger partial charge in [0.05, 0.1) is 17.8 Å². The SMILES string of the molecule is Cc1nn(CC(=O)N(CC(=O)NCc2ccc(N)cc2F)C2CC2)c2ccccc12.NC=O. The van der Waals surface area contributed by atoms with E-state index in [4.69, 9.17) is 10.5 Å². The first-order valence-corrected chi connectivity index (χ1v) is 10.5. The summed E-state index contributed by atoms with van der Waals surface area (Å²) in [6, 6.07) is 12.2. The predicted molar refractivity (Wildman–Crippen MR) is 122 cm³/mol. The maximum Gasteiger partial charge on any atom is 0.245 e. The first kappa shape index (κ1) is 23.7. The minimum absolute atomic E-state index is 0.0423. The number of nitrogens with one attached hydrogen (secondary N) is 1. The Morgan fingerprint density at radius 3 is 2.64 bits per heavy atom. The molecule has 1 saturated carbocycles. The molecule has 33 heavy (non-hydrogen) atoms. The molecule has 0 saturated heterocycles. The molecule has 9 nitrogen and oxygen atoms in total. The van der Waals surface area contributed by atoms with Crippen LogP contribution in [0.1, 0.15) is 24.1 Å². The highest BCUT2D eigenvalue weighted by Crippen LogP contribution is 2.27. The number of hydrogen-bond donors (Lipinski definition) is 3. The summed E-state index contributed by atoms with van der Waals surface area (Å²) < 4.78 is 15.6. The second-order valence-electron chi connectivity index (χ2n) is 7.78. The predicted octanol–water partition coefficient (Wildman–Crippen LogP) is 1.47. The van der Waals surface area contributed by atoms with Gasteiger partial charge in [-0.15, -0.1) is 0 Å². The van der Waals surface area contributed by atoms with Gasteiger partial charge in [-0.3, -0.25) is 19.1 Å². The minimum Gasteiger partial charge on any atom is -0.399 e. The zero-order chi connectivity index (χ0) is 24.0. The number of fused-ring (bicyclic) bond motifs is 1. The van der Waals surface area contributed by atoms with Crippen LogP contribution in [-0.2, 0) is 27.5 Å². The van der Waals surface area contributed by atoms with Gasteiger partial charge in [-0.1, -0.05) is 24.3 Å². The van der Waals surface area contributed by atoms with E-state index in [-0.39, 0.29) is 43.9 Å². The third-order valence-electron chi connectivity index (χ3n) is 5.30. The maximum absolute atomic E-state index is 13.9. The smallest absolute Gasteiger partial charge is 0.245 e. The maximum atomic E-state index is 13.9. The number of amides is 3. The molecule has 0 unspecified atom stereocenters. The average Bonchev–Trinajstić information content (AvgIpc) is 3.57. The van der Waals surface area contributed by atoms with Crippen molar-refractivity contribution in [1.29, 1.82) is 0 Å². The Morgan fingerprint density at radius 1 is 1.27 bits per heavy atom.